The third kappa shape index (κ3) is 14.8. The van der Waals surface area contributed by atoms with Crippen LogP contribution in [0.5, 0.6) is 0 Å². The van der Waals surface area contributed by atoms with Crippen molar-refractivity contribution in [2.45, 2.75) is 117 Å². The predicted octanol–water partition coefficient (Wildman–Crippen LogP) is 21.1. The van der Waals surface area contributed by atoms with Gasteiger partial charge in [0.2, 0.25) is 6.71 Å². The number of fused-ring (bicyclic) bond motifs is 5. The van der Waals surface area contributed by atoms with Crippen molar-refractivity contribution in [1.29, 1.82) is 0 Å². The highest BCUT2D eigenvalue weighted by Crippen LogP contribution is 2.41. The van der Waals surface area contributed by atoms with E-state index in [1.54, 1.807) is 0 Å². The first-order valence-electron chi connectivity index (χ1n) is 28.5. The fraction of sp³-hybridized carbons (Fsp3) is 0.233. The second kappa shape index (κ2) is 32.6. The van der Waals surface area contributed by atoms with Crippen molar-refractivity contribution >= 4 is 73.3 Å². The molecule has 1 aliphatic heterocycles. The summed E-state index contributed by atoms with van der Waals surface area (Å²) in [4.78, 5) is 4.76. The Labute approximate surface area is 461 Å². The van der Waals surface area contributed by atoms with E-state index in [-0.39, 0.29) is 0 Å². The van der Waals surface area contributed by atoms with Gasteiger partial charge in [0.1, 0.15) is 0 Å². The van der Waals surface area contributed by atoms with E-state index >= 15 is 0 Å². The summed E-state index contributed by atoms with van der Waals surface area (Å²) < 4.78 is 0. The number of aryl methyl sites for hydroxylation is 2. The van der Waals surface area contributed by atoms with Gasteiger partial charge < -0.3 is 9.80 Å². The van der Waals surface area contributed by atoms with E-state index in [4.69, 9.17) is 0 Å². The highest BCUT2D eigenvalue weighted by atomic mass is 15.1. The molecule has 392 valence electrons. The minimum absolute atomic E-state index is 0.380. The molecule has 11 rings (SSSR count). The quantitative estimate of drug-likeness (QED) is 0.140. The van der Waals surface area contributed by atoms with Crippen LogP contribution in [0.25, 0.3) is 21.5 Å². The van der Waals surface area contributed by atoms with Crippen LogP contribution < -0.4 is 20.7 Å². The van der Waals surface area contributed by atoms with Gasteiger partial charge in [-0.2, -0.15) is 0 Å². The second-order valence-corrected chi connectivity index (χ2v) is 17.1. The highest BCUT2D eigenvalue weighted by Gasteiger charge is 2.30. The fourth-order valence-corrected chi connectivity index (χ4v) is 10.0. The average Bonchev–Trinajstić information content (AvgIpc) is 3.53. The third-order valence-corrected chi connectivity index (χ3v) is 12.7. The minimum Gasteiger partial charge on any atom is -0.310 e. The molecule has 0 radical (unpaired) electrons. The molecule has 0 amide bonds. The molecule has 0 aliphatic carbocycles. The van der Waals surface area contributed by atoms with Crippen LogP contribution in [0.3, 0.4) is 0 Å². The number of hydrogen-bond donors (Lipinski definition) is 0. The molecule has 3 heteroatoms. The summed E-state index contributed by atoms with van der Waals surface area (Å²) in [5, 5.41) is 5.18. The van der Waals surface area contributed by atoms with Gasteiger partial charge in [-0.1, -0.05) is 282 Å². The Kier molecular flexibility index (Phi) is 26.2. The molecule has 10 aromatic carbocycles. The Morgan fingerprint density at radius 1 is 0.342 bits per heavy atom. The van der Waals surface area contributed by atoms with Crippen LogP contribution in [0.15, 0.2) is 231 Å². The van der Waals surface area contributed by atoms with Crippen LogP contribution in [-0.4, -0.2) is 6.71 Å². The smallest absolute Gasteiger partial charge is 0.208 e. The molecule has 0 fully saturated rings. The van der Waals surface area contributed by atoms with Crippen LogP contribution in [-0.2, 0) is 12.8 Å². The van der Waals surface area contributed by atoms with Crippen molar-refractivity contribution in [3.8, 4) is 0 Å². The predicted molar refractivity (Wildman–Crippen MR) is 344 cm³/mol. The summed E-state index contributed by atoms with van der Waals surface area (Å²) in [6, 6.07) is 83.0. The van der Waals surface area contributed by atoms with E-state index in [2.05, 4.69) is 261 Å². The van der Waals surface area contributed by atoms with Gasteiger partial charge in [-0.25, -0.2) is 0 Å². The van der Waals surface area contributed by atoms with Gasteiger partial charge in [0.15, 0.2) is 0 Å². The zero-order chi connectivity index (χ0) is 55.4. The van der Waals surface area contributed by atoms with Gasteiger partial charge in [-0.15, -0.1) is 0 Å². The van der Waals surface area contributed by atoms with Crippen molar-refractivity contribution in [2.75, 3.05) is 9.80 Å². The Morgan fingerprint density at radius 3 is 1.25 bits per heavy atom. The van der Waals surface area contributed by atoms with Crippen LogP contribution in [0, 0.1) is 13.8 Å². The van der Waals surface area contributed by atoms with E-state index in [0.29, 0.717) is 6.71 Å². The average molecular weight is 1000 g/mol. The van der Waals surface area contributed by atoms with Crippen molar-refractivity contribution < 1.29 is 0 Å². The molecule has 0 saturated carbocycles. The fourth-order valence-electron chi connectivity index (χ4n) is 10.0. The van der Waals surface area contributed by atoms with Gasteiger partial charge in [0, 0.05) is 33.5 Å². The van der Waals surface area contributed by atoms with Crippen LogP contribution in [0.1, 0.15) is 116 Å². The molecule has 0 saturated heterocycles. The summed E-state index contributed by atoms with van der Waals surface area (Å²) in [6.45, 7) is 31.2. The molecular weight excluding hydrogens is 916 g/mol. The SMILES string of the molecule is CB1c2c(C)cccc2Cc2cc(N(c3ccccc3)c3ccccc3)c3ccccc3c21.CC.CC.CC.CC.CC.CC.Cc1cccc(Cc2cc(N(c3ccccc3)c3ccccc3)c3ccccc3c2)c1. The lowest BCUT2D eigenvalue weighted by Gasteiger charge is -2.32. The normalized spacial score (nSPS) is 10.3. The minimum atomic E-state index is 0.380. The molecular formula is C73H87BN2. The summed E-state index contributed by atoms with van der Waals surface area (Å²) in [5.74, 6) is 0. The molecule has 0 bridgehead atoms. The molecule has 0 spiro atoms. The number of benzene rings is 10. The van der Waals surface area contributed by atoms with Crippen LogP contribution in [0.2, 0.25) is 6.82 Å². The Hall–Kier alpha value is -7.62. The summed E-state index contributed by atoms with van der Waals surface area (Å²) in [5.41, 5.74) is 18.4. The van der Waals surface area contributed by atoms with Crippen LogP contribution in [0.4, 0.5) is 34.1 Å². The van der Waals surface area contributed by atoms with Crippen LogP contribution >= 0.6 is 0 Å². The zero-order valence-electron chi connectivity index (χ0n) is 48.8. The monoisotopic (exact) mass is 1000 g/mol. The molecule has 76 heavy (non-hydrogen) atoms. The number of rotatable bonds is 8. The molecule has 0 aromatic heterocycles. The van der Waals surface area contributed by atoms with E-state index in [0.717, 1.165) is 24.2 Å². The second-order valence-electron chi connectivity index (χ2n) is 17.1. The Bertz CT molecular complexity index is 3120. The van der Waals surface area contributed by atoms with Gasteiger partial charge in [-0.05, 0) is 120 Å². The molecule has 1 aliphatic rings. The van der Waals surface area contributed by atoms with E-state index < -0.39 is 0 Å². The summed E-state index contributed by atoms with van der Waals surface area (Å²) >= 11 is 0. The van der Waals surface area contributed by atoms with Crippen molar-refractivity contribution in [1.82, 2.24) is 0 Å². The molecule has 10 aromatic rings. The number of nitrogens with zero attached hydrogens (tertiary/aromatic N) is 2. The first-order chi connectivity index (χ1) is 37.5. The van der Waals surface area contributed by atoms with E-state index in [1.165, 1.54) is 88.6 Å². The maximum atomic E-state index is 2.44. The number of para-hydroxylation sites is 4. The third-order valence-electron chi connectivity index (χ3n) is 12.7. The molecule has 1 heterocycles. The zero-order valence-corrected chi connectivity index (χ0v) is 48.8. The number of hydrogen-bond acceptors (Lipinski definition) is 2. The molecule has 0 N–H and O–H groups in total. The molecule has 2 nitrogen and oxygen atoms in total. The van der Waals surface area contributed by atoms with E-state index in [1.807, 2.05) is 83.1 Å². The maximum absolute atomic E-state index is 2.44. The Morgan fingerprint density at radius 2 is 0.763 bits per heavy atom. The molecule has 0 unspecified atom stereocenters. The maximum Gasteiger partial charge on any atom is 0.208 e. The lowest BCUT2D eigenvalue weighted by molar-refractivity contribution is 1.18. The standard InChI is InChI=1S/C31H26BN.C30H25N.6C2H6/c1-22-12-11-13-23-20-24-21-29(27-18-9-10-19-28(27)31(24)32(2)30(22)23)33(25-14-5-3-6-15-25)26-16-7-4-8-17-26;1-23-11-10-12-24(19-23)20-25-21-26-13-8-9-18-29(26)30(22-25)31(27-14-4-2-5-15-27)28-16-6-3-7-17-28;6*1-2/h3-19,21H,20H2,1-2H3;2-19,21-22H,20H2,1H3;6*1-2H3. The first-order valence-corrected chi connectivity index (χ1v) is 28.5. The van der Waals surface area contributed by atoms with Crippen molar-refractivity contribution in [3.63, 3.8) is 0 Å². The van der Waals surface area contributed by atoms with Gasteiger partial charge >= 0.3 is 0 Å². The van der Waals surface area contributed by atoms with Gasteiger partial charge in [0.25, 0.3) is 0 Å². The lowest BCUT2D eigenvalue weighted by Crippen LogP contribution is -2.48. The Balaban J connectivity index is 0.000000275. The van der Waals surface area contributed by atoms with E-state index in [9.17, 15) is 0 Å². The summed E-state index contributed by atoms with van der Waals surface area (Å²) in [6.07, 6.45) is 1.89. The summed E-state index contributed by atoms with van der Waals surface area (Å²) in [7, 11) is 0. The largest absolute Gasteiger partial charge is 0.310 e. The van der Waals surface area contributed by atoms with Crippen molar-refractivity contribution in [3.05, 3.63) is 264 Å². The highest BCUT2D eigenvalue weighted by molar-refractivity contribution is 6.87. The van der Waals surface area contributed by atoms with Gasteiger partial charge in [0.05, 0.1) is 11.4 Å². The first kappa shape index (κ1) is 60.9. The van der Waals surface area contributed by atoms with Gasteiger partial charge in [-0.3, -0.25) is 0 Å². The molecule has 0 atom stereocenters. The topological polar surface area (TPSA) is 6.48 Å². The van der Waals surface area contributed by atoms with Crippen molar-refractivity contribution in [2.24, 2.45) is 0 Å². The lowest BCUT2D eigenvalue weighted by atomic mass is 9.37. The number of anilines is 6.